The number of rotatable bonds is 16. The average molecular weight is 912 g/mol. The molecule has 21 nitrogen and oxygen atoms in total. The maximum atomic E-state index is 11.9. The topological polar surface area (TPSA) is 247 Å². The fourth-order valence-electron chi connectivity index (χ4n) is 5.19. The van der Waals surface area contributed by atoms with Gasteiger partial charge < -0.3 is 53.5 Å². The molecule has 0 aliphatic rings. The zero-order valence-corrected chi connectivity index (χ0v) is 38.9. The first kappa shape index (κ1) is 55.9. The lowest BCUT2D eigenvalue weighted by Crippen LogP contribution is -2.44. The van der Waals surface area contributed by atoms with Crippen LogP contribution in [0.1, 0.15) is 69.7 Å². The van der Waals surface area contributed by atoms with E-state index >= 15 is 0 Å². The maximum absolute atomic E-state index is 11.9. The monoisotopic (exact) mass is 911 g/mol. The van der Waals surface area contributed by atoms with Crippen molar-refractivity contribution in [2.45, 2.75) is 118 Å². The van der Waals surface area contributed by atoms with Gasteiger partial charge in [0.05, 0.1) is 69.0 Å². The third kappa shape index (κ3) is 23.7. The smallest absolute Gasteiger partial charge is 0.408 e. The van der Waals surface area contributed by atoms with Crippen LogP contribution in [0.25, 0.3) is 22.3 Å². The van der Waals surface area contributed by atoms with Gasteiger partial charge in [0.2, 0.25) is 0 Å². The molecular weight excluding hydrogens is 843 g/mol. The predicted octanol–water partition coefficient (Wildman–Crippen LogP) is 5.08. The zero-order valence-electron chi connectivity index (χ0n) is 38.1. The van der Waals surface area contributed by atoms with E-state index in [4.69, 9.17) is 28.4 Å². The van der Waals surface area contributed by atoms with Crippen LogP contribution in [0.2, 0.25) is 0 Å². The van der Waals surface area contributed by atoms with Crippen LogP contribution in [-0.4, -0.2) is 145 Å². The second-order valence-electron chi connectivity index (χ2n) is 16.9. The van der Waals surface area contributed by atoms with Crippen LogP contribution < -0.4 is 16.0 Å². The summed E-state index contributed by atoms with van der Waals surface area (Å²) in [5.41, 5.74) is 1.48. The Morgan fingerprint density at radius 2 is 1.05 bits per heavy atom. The number of carbonyl (C=O) groups is 3. The Morgan fingerprint density at radius 1 is 0.619 bits per heavy atom. The molecule has 0 aromatic carbocycles. The second-order valence-corrected chi connectivity index (χ2v) is 18.5. The molecule has 356 valence electrons. The van der Waals surface area contributed by atoms with Gasteiger partial charge in [-0.15, -0.1) is 0 Å². The van der Waals surface area contributed by atoms with Crippen molar-refractivity contribution in [3.63, 3.8) is 0 Å². The summed E-state index contributed by atoms with van der Waals surface area (Å²) >= 11 is 0. The van der Waals surface area contributed by atoms with Crippen molar-refractivity contribution in [1.82, 2.24) is 45.0 Å². The third-order valence-electron chi connectivity index (χ3n) is 7.35. The number of imidazole rings is 2. The number of methoxy groups -OCH3 is 3. The van der Waals surface area contributed by atoms with Crippen molar-refractivity contribution in [2.24, 2.45) is 0 Å². The van der Waals surface area contributed by atoms with Gasteiger partial charge in [-0.2, -0.15) is 8.42 Å². The van der Waals surface area contributed by atoms with E-state index in [2.05, 4.69) is 40.1 Å². The third-order valence-corrected chi connectivity index (χ3v) is 7.92. The highest BCUT2D eigenvalue weighted by molar-refractivity contribution is 7.85. The molecule has 3 N–H and O–H groups in total. The fraction of sp³-hybridized carbons (Fsp3) is 0.634. The predicted molar refractivity (Wildman–Crippen MR) is 238 cm³/mol. The molecule has 3 atom stereocenters. The van der Waals surface area contributed by atoms with Crippen LogP contribution in [0.15, 0.2) is 49.3 Å². The first-order valence-corrected chi connectivity index (χ1v) is 21.4. The Bertz CT molecular complexity index is 1980. The van der Waals surface area contributed by atoms with Crippen LogP contribution in [-0.2, 0) is 55.8 Å². The Hall–Kier alpha value is -5.16. The number of nitrogens with one attached hydrogen (secondary N) is 3. The van der Waals surface area contributed by atoms with Gasteiger partial charge in [-0.1, -0.05) is 7.43 Å². The molecule has 4 aromatic rings. The van der Waals surface area contributed by atoms with E-state index in [1.54, 1.807) is 60.0 Å². The molecule has 0 saturated carbocycles. The van der Waals surface area contributed by atoms with Gasteiger partial charge in [0, 0.05) is 46.8 Å². The van der Waals surface area contributed by atoms with E-state index < -0.39 is 51.2 Å². The van der Waals surface area contributed by atoms with Gasteiger partial charge in [0.25, 0.3) is 10.1 Å². The molecule has 0 aliphatic heterocycles. The maximum Gasteiger partial charge on any atom is 0.408 e. The summed E-state index contributed by atoms with van der Waals surface area (Å²) in [6, 6.07) is 6.47. The number of hydrogen-bond donors (Lipinski definition) is 3. The highest BCUT2D eigenvalue weighted by Gasteiger charge is 2.23. The summed E-state index contributed by atoms with van der Waals surface area (Å²) < 4.78 is 60.9. The SMILES string of the molecule is C.COCC(COS(C)(=O)=O)NC(=O)OC(C)(C)C.COCC(Cn1cnc2cccnc21)NC(=O)OC(C)(C)C.COCC(Cn1cnc2ncccc21)NC(=O)OC(C)(C)C. The summed E-state index contributed by atoms with van der Waals surface area (Å²) in [7, 11) is 1.06. The highest BCUT2D eigenvalue weighted by atomic mass is 32.2. The summed E-state index contributed by atoms with van der Waals surface area (Å²) in [4.78, 5) is 52.3. The van der Waals surface area contributed by atoms with Crippen molar-refractivity contribution in [2.75, 3.05) is 54.0 Å². The van der Waals surface area contributed by atoms with E-state index in [0.717, 1.165) is 22.9 Å². The number of hydrogen-bond acceptors (Lipinski definition) is 16. The van der Waals surface area contributed by atoms with Crippen LogP contribution in [0.5, 0.6) is 0 Å². The van der Waals surface area contributed by atoms with Crippen molar-refractivity contribution in [1.29, 1.82) is 0 Å². The highest BCUT2D eigenvalue weighted by Crippen LogP contribution is 2.13. The molecular formula is C41H69N9O12S. The molecule has 0 fully saturated rings. The minimum absolute atomic E-state index is 0. The summed E-state index contributed by atoms with van der Waals surface area (Å²) in [5.74, 6) is 0. The van der Waals surface area contributed by atoms with Crippen LogP contribution in [0, 0.1) is 0 Å². The first-order valence-electron chi connectivity index (χ1n) is 19.6. The Labute approximate surface area is 371 Å². The number of alkyl carbamates (subject to hydrolysis) is 3. The number of fused-ring (bicyclic) bond motifs is 2. The lowest BCUT2D eigenvalue weighted by Gasteiger charge is -2.23. The molecule has 0 spiro atoms. The lowest BCUT2D eigenvalue weighted by atomic mass is 10.2. The van der Waals surface area contributed by atoms with Gasteiger partial charge in [0.15, 0.2) is 11.3 Å². The summed E-state index contributed by atoms with van der Waals surface area (Å²) in [6.45, 7) is 17.8. The van der Waals surface area contributed by atoms with Gasteiger partial charge in [0.1, 0.15) is 22.3 Å². The number of carbonyl (C=O) groups excluding carboxylic acids is 3. The molecule has 22 heteroatoms. The molecule has 4 aromatic heterocycles. The van der Waals surface area contributed by atoms with E-state index in [0.29, 0.717) is 32.0 Å². The number of ether oxygens (including phenoxy) is 6. The van der Waals surface area contributed by atoms with Gasteiger partial charge in [-0.05, 0) is 86.6 Å². The molecule has 4 rings (SSSR count). The molecule has 3 amide bonds. The molecule has 0 saturated heterocycles. The first-order chi connectivity index (χ1) is 28.8. The second kappa shape index (κ2) is 25.8. The van der Waals surface area contributed by atoms with Gasteiger partial charge in [-0.25, -0.2) is 34.3 Å². The molecule has 4 heterocycles. The number of amides is 3. The Morgan fingerprint density at radius 3 is 1.52 bits per heavy atom. The van der Waals surface area contributed by atoms with Crippen molar-refractivity contribution >= 4 is 50.7 Å². The molecule has 63 heavy (non-hydrogen) atoms. The lowest BCUT2D eigenvalue weighted by molar-refractivity contribution is 0.0435. The van der Waals surface area contributed by atoms with E-state index in [9.17, 15) is 22.8 Å². The quantitative estimate of drug-likeness (QED) is 0.0980. The van der Waals surface area contributed by atoms with Crippen LogP contribution in [0.3, 0.4) is 0 Å². The standard InChI is InChI=1S/2C15H22N4O3.C10H21NO6S.CH4/c1-15(2,3)22-14(20)18-11(9-21-4)8-19-10-17-13-12(19)6-5-7-16-13;1-15(2,3)22-14(20)18-11(9-21-4)8-19-10-17-12-6-5-7-16-13(12)19;1-10(2,3)17-9(12)11-8(6-15-4)7-16-18(5,13)14;/h2*5-7,10-11H,8-9H2,1-4H3,(H,18,20);8H,6-7H2,1-5H3,(H,11,12);1H4. The Balaban J connectivity index is 0.000000472. The van der Waals surface area contributed by atoms with Crippen molar-refractivity contribution < 1.29 is 55.4 Å². The van der Waals surface area contributed by atoms with Crippen molar-refractivity contribution in [3.05, 3.63) is 49.3 Å². The largest absolute Gasteiger partial charge is 0.444 e. The summed E-state index contributed by atoms with van der Waals surface area (Å²) in [5, 5.41) is 8.11. The molecule has 0 aliphatic carbocycles. The minimum atomic E-state index is -3.56. The van der Waals surface area contributed by atoms with Crippen LogP contribution in [0.4, 0.5) is 14.4 Å². The van der Waals surface area contributed by atoms with Crippen LogP contribution >= 0.6 is 0 Å². The zero-order chi connectivity index (χ0) is 46.7. The minimum Gasteiger partial charge on any atom is -0.444 e. The number of pyridine rings is 2. The van der Waals surface area contributed by atoms with Gasteiger partial charge in [-0.3, -0.25) is 4.18 Å². The molecule has 3 unspecified atom stereocenters. The average Bonchev–Trinajstić information content (AvgIpc) is 3.72. The Kier molecular flexibility index (Phi) is 22.9. The molecule has 0 radical (unpaired) electrons. The summed E-state index contributed by atoms with van der Waals surface area (Å²) in [6.07, 6.45) is 6.18. The number of aromatic nitrogens is 6. The van der Waals surface area contributed by atoms with E-state index in [-0.39, 0.29) is 32.7 Å². The van der Waals surface area contributed by atoms with Gasteiger partial charge >= 0.3 is 18.3 Å². The van der Waals surface area contributed by atoms with E-state index in [1.165, 1.54) is 7.11 Å². The number of nitrogens with zero attached hydrogens (tertiary/aromatic N) is 6. The van der Waals surface area contributed by atoms with Crippen molar-refractivity contribution in [3.8, 4) is 0 Å². The fourth-order valence-corrected chi connectivity index (χ4v) is 5.60. The normalized spacial score (nSPS) is 13.2. The molecule has 0 bridgehead atoms. The van der Waals surface area contributed by atoms with E-state index in [1.807, 2.05) is 74.9 Å².